The molecule has 0 aromatic carbocycles. The molecule has 3 heteroatoms. The Morgan fingerprint density at radius 3 is 2.33 bits per heavy atom. The van der Waals surface area contributed by atoms with E-state index in [1.54, 1.807) is 0 Å². The molecular formula is C6H17N3. The molecule has 0 radical (unpaired) electrons. The van der Waals surface area contributed by atoms with E-state index in [1.807, 2.05) is 12.2 Å². The lowest BCUT2D eigenvalue weighted by Gasteiger charge is -2.17. The molecule has 0 rings (SSSR count). The van der Waals surface area contributed by atoms with E-state index in [-0.39, 0.29) is 0 Å². The third-order valence-electron chi connectivity index (χ3n) is 0.994. The summed E-state index contributed by atoms with van der Waals surface area (Å²) in [7, 11) is 1.97. The molecule has 0 bridgehead atoms. The van der Waals surface area contributed by atoms with Crippen molar-refractivity contribution in [2.75, 3.05) is 20.1 Å². The zero-order chi connectivity index (χ0) is 7.11. The average molecular weight is 131 g/mol. The number of hydrogen-bond donors (Lipinski definition) is 2. The zero-order valence-electron chi connectivity index (χ0n) is 6.57. The highest BCUT2D eigenvalue weighted by Gasteiger charge is 1.88. The van der Waals surface area contributed by atoms with Crippen LogP contribution in [0.1, 0.15) is 20.3 Å². The maximum Gasteiger partial charge on any atom is 0.0174 e. The van der Waals surface area contributed by atoms with Crippen LogP contribution in [0, 0.1) is 0 Å². The molecule has 0 aromatic heterocycles. The number of nitrogens with one attached hydrogen (secondary N) is 2. The minimum Gasteiger partial charge on any atom is -0.242 e. The molecule has 56 valence electrons. The van der Waals surface area contributed by atoms with E-state index < -0.39 is 0 Å². The van der Waals surface area contributed by atoms with Gasteiger partial charge in [0.05, 0.1) is 0 Å². The van der Waals surface area contributed by atoms with E-state index in [1.165, 1.54) is 0 Å². The lowest BCUT2D eigenvalue weighted by molar-refractivity contribution is 0.159. The summed E-state index contributed by atoms with van der Waals surface area (Å²) in [5, 5.41) is 1.89. The molecule has 0 aromatic rings. The van der Waals surface area contributed by atoms with Gasteiger partial charge in [0.15, 0.2) is 0 Å². The Morgan fingerprint density at radius 2 is 1.89 bits per heavy atom. The lowest BCUT2D eigenvalue weighted by Crippen LogP contribution is -2.45. The van der Waals surface area contributed by atoms with Crippen LogP contribution in [0.2, 0.25) is 0 Å². The predicted octanol–water partition coefficient (Wildman–Crippen LogP) is 0.357. The summed E-state index contributed by atoms with van der Waals surface area (Å²) in [4.78, 5) is 0. The largest absolute Gasteiger partial charge is 0.242 e. The van der Waals surface area contributed by atoms with Gasteiger partial charge in [-0.3, -0.25) is 0 Å². The van der Waals surface area contributed by atoms with Crippen LogP contribution in [0.4, 0.5) is 0 Å². The van der Waals surface area contributed by atoms with Crippen molar-refractivity contribution in [3.63, 3.8) is 0 Å². The van der Waals surface area contributed by atoms with E-state index in [0.717, 1.165) is 19.5 Å². The van der Waals surface area contributed by atoms with Crippen LogP contribution in [0.25, 0.3) is 0 Å². The maximum atomic E-state index is 3.16. The Labute approximate surface area is 57.4 Å². The SMILES string of the molecule is CCCNN(C)NCC. The van der Waals surface area contributed by atoms with Gasteiger partial charge in [-0.25, -0.2) is 10.9 Å². The van der Waals surface area contributed by atoms with Crippen molar-refractivity contribution < 1.29 is 0 Å². The van der Waals surface area contributed by atoms with E-state index in [0.29, 0.717) is 0 Å². The first-order valence-electron chi connectivity index (χ1n) is 3.52. The van der Waals surface area contributed by atoms with Crippen LogP contribution < -0.4 is 10.9 Å². The first kappa shape index (κ1) is 8.88. The third kappa shape index (κ3) is 5.76. The zero-order valence-corrected chi connectivity index (χ0v) is 6.57. The topological polar surface area (TPSA) is 27.3 Å². The molecule has 0 spiro atoms. The van der Waals surface area contributed by atoms with Gasteiger partial charge >= 0.3 is 0 Å². The van der Waals surface area contributed by atoms with Crippen molar-refractivity contribution in [2.45, 2.75) is 20.3 Å². The first-order valence-corrected chi connectivity index (χ1v) is 3.52. The van der Waals surface area contributed by atoms with Crippen molar-refractivity contribution in [1.29, 1.82) is 0 Å². The molecule has 0 aliphatic rings. The number of nitrogens with zero attached hydrogens (tertiary/aromatic N) is 1. The summed E-state index contributed by atoms with van der Waals surface area (Å²) < 4.78 is 0. The predicted molar refractivity (Wildman–Crippen MR) is 39.7 cm³/mol. The molecule has 0 saturated carbocycles. The van der Waals surface area contributed by atoms with Crippen molar-refractivity contribution >= 4 is 0 Å². The molecular weight excluding hydrogens is 114 g/mol. The highest BCUT2D eigenvalue weighted by molar-refractivity contribution is 4.35. The van der Waals surface area contributed by atoms with Gasteiger partial charge in [-0.05, 0) is 6.42 Å². The molecule has 0 fully saturated rings. The van der Waals surface area contributed by atoms with Gasteiger partial charge in [-0.15, -0.1) is 0 Å². The molecule has 0 aliphatic heterocycles. The van der Waals surface area contributed by atoms with Gasteiger partial charge in [0, 0.05) is 20.1 Å². The molecule has 0 atom stereocenters. The highest BCUT2D eigenvalue weighted by atomic mass is 15.7. The first-order chi connectivity index (χ1) is 4.31. The summed E-state index contributed by atoms with van der Waals surface area (Å²) >= 11 is 0. The lowest BCUT2D eigenvalue weighted by atomic mass is 10.5. The second kappa shape index (κ2) is 6.01. The number of hydrogen-bond acceptors (Lipinski definition) is 3. The Bertz CT molecular complexity index is 56.3. The third-order valence-corrected chi connectivity index (χ3v) is 0.994. The quantitative estimate of drug-likeness (QED) is 0.527. The fourth-order valence-corrected chi connectivity index (χ4v) is 0.573. The molecule has 0 amide bonds. The Balaban J connectivity index is 2.95. The fraction of sp³-hybridized carbons (Fsp3) is 1.00. The average Bonchev–Trinajstić information content (AvgIpc) is 1.85. The van der Waals surface area contributed by atoms with Gasteiger partial charge in [0.1, 0.15) is 0 Å². The van der Waals surface area contributed by atoms with E-state index >= 15 is 0 Å². The van der Waals surface area contributed by atoms with Gasteiger partial charge in [-0.2, -0.15) is 5.12 Å². The van der Waals surface area contributed by atoms with Gasteiger partial charge in [0.2, 0.25) is 0 Å². The number of rotatable bonds is 5. The summed E-state index contributed by atoms with van der Waals surface area (Å²) in [6.45, 7) is 6.22. The molecule has 0 unspecified atom stereocenters. The van der Waals surface area contributed by atoms with Gasteiger partial charge in [-0.1, -0.05) is 13.8 Å². The Morgan fingerprint density at radius 1 is 1.22 bits per heavy atom. The van der Waals surface area contributed by atoms with E-state index in [9.17, 15) is 0 Å². The van der Waals surface area contributed by atoms with Crippen LogP contribution in [-0.2, 0) is 0 Å². The molecule has 0 saturated heterocycles. The van der Waals surface area contributed by atoms with Gasteiger partial charge in [0.25, 0.3) is 0 Å². The molecule has 3 nitrogen and oxygen atoms in total. The maximum absolute atomic E-state index is 3.16. The highest BCUT2D eigenvalue weighted by Crippen LogP contribution is 1.70. The minimum atomic E-state index is 0.965. The van der Waals surface area contributed by atoms with E-state index in [4.69, 9.17) is 0 Å². The summed E-state index contributed by atoms with van der Waals surface area (Å²) in [5.74, 6) is 0. The summed E-state index contributed by atoms with van der Waals surface area (Å²) in [5.41, 5.74) is 6.26. The van der Waals surface area contributed by atoms with Crippen LogP contribution >= 0.6 is 0 Å². The second-order valence-electron chi connectivity index (χ2n) is 1.98. The van der Waals surface area contributed by atoms with Crippen molar-refractivity contribution in [3.8, 4) is 0 Å². The smallest absolute Gasteiger partial charge is 0.0174 e. The molecule has 9 heavy (non-hydrogen) atoms. The normalized spacial score (nSPS) is 10.7. The standard InChI is InChI=1S/C6H17N3/c1-4-6-8-9(3)7-5-2/h7-8H,4-6H2,1-3H3. The monoisotopic (exact) mass is 131 g/mol. The van der Waals surface area contributed by atoms with E-state index in [2.05, 4.69) is 24.7 Å². The summed E-state index contributed by atoms with van der Waals surface area (Å²) in [6.07, 6.45) is 1.16. The van der Waals surface area contributed by atoms with Crippen LogP contribution in [-0.4, -0.2) is 25.3 Å². The molecule has 0 aliphatic carbocycles. The Hall–Kier alpha value is -0.120. The summed E-state index contributed by atoms with van der Waals surface area (Å²) in [6, 6.07) is 0. The minimum absolute atomic E-state index is 0.965. The van der Waals surface area contributed by atoms with Crippen LogP contribution in [0.15, 0.2) is 0 Å². The van der Waals surface area contributed by atoms with Crippen LogP contribution in [0.5, 0.6) is 0 Å². The number of hydrazine groups is 2. The van der Waals surface area contributed by atoms with Crippen molar-refractivity contribution in [3.05, 3.63) is 0 Å². The second-order valence-corrected chi connectivity index (χ2v) is 1.98. The van der Waals surface area contributed by atoms with Crippen LogP contribution in [0.3, 0.4) is 0 Å². The Kier molecular flexibility index (Phi) is 5.93. The van der Waals surface area contributed by atoms with Crippen molar-refractivity contribution in [2.24, 2.45) is 0 Å². The molecule has 0 heterocycles. The molecule has 2 N–H and O–H groups in total. The van der Waals surface area contributed by atoms with Crippen molar-refractivity contribution in [1.82, 2.24) is 16.0 Å². The van der Waals surface area contributed by atoms with Gasteiger partial charge < -0.3 is 0 Å². The fourth-order valence-electron chi connectivity index (χ4n) is 0.573.